The van der Waals surface area contributed by atoms with Crippen LogP contribution in [-0.2, 0) is 17.8 Å². The molecule has 0 aliphatic carbocycles. The van der Waals surface area contributed by atoms with Gasteiger partial charge in [0.25, 0.3) is 0 Å². The summed E-state index contributed by atoms with van der Waals surface area (Å²) in [5.41, 5.74) is 3.96. The number of methoxy groups -OCH3 is 1. The molecule has 0 aliphatic rings. The molecule has 25 heavy (non-hydrogen) atoms. The first kappa shape index (κ1) is 17.0. The van der Waals surface area contributed by atoms with E-state index in [1.54, 1.807) is 12.1 Å². The van der Waals surface area contributed by atoms with Crippen molar-refractivity contribution < 1.29 is 13.9 Å². The zero-order chi connectivity index (χ0) is 17.6. The molecule has 4 nitrogen and oxygen atoms in total. The van der Waals surface area contributed by atoms with Crippen LogP contribution in [0.4, 0.5) is 0 Å². The molecule has 0 fully saturated rings. The van der Waals surface area contributed by atoms with Gasteiger partial charge in [-0.1, -0.05) is 42.0 Å². The van der Waals surface area contributed by atoms with E-state index in [4.69, 9.17) is 9.15 Å². The van der Waals surface area contributed by atoms with Crippen molar-refractivity contribution in [1.82, 2.24) is 5.32 Å². The SMILES string of the molecule is COC(=O)c1ccc(-c2ccc(CNCc3ccc(C)cc3)o2)cc1. The van der Waals surface area contributed by atoms with E-state index in [1.165, 1.54) is 18.2 Å². The van der Waals surface area contributed by atoms with Gasteiger partial charge in [-0.2, -0.15) is 0 Å². The molecule has 0 spiro atoms. The van der Waals surface area contributed by atoms with Crippen molar-refractivity contribution >= 4 is 5.97 Å². The number of furan rings is 1. The van der Waals surface area contributed by atoms with Crippen molar-refractivity contribution in [3.8, 4) is 11.3 Å². The lowest BCUT2D eigenvalue weighted by atomic mass is 10.1. The number of carbonyl (C=O) groups excluding carboxylic acids is 1. The maximum absolute atomic E-state index is 11.5. The van der Waals surface area contributed by atoms with Crippen LogP contribution in [0, 0.1) is 6.92 Å². The fourth-order valence-electron chi connectivity index (χ4n) is 2.55. The number of carbonyl (C=O) groups is 1. The molecule has 0 saturated carbocycles. The van der Waals surface area contributed by atoms with E-state index in [9.17, 15) is 4.79 Å². The fraction of sp³-hybridized carbons (Fsp3) is 0.190. The third-order valence-corrected chi connectivity index (χ3v) is 4.00. The molecule has 0 atom stereocenters. The van der Waals surface area contributed by atoms with E-state index in [0.29, 0.717) is 12.1 Å². The van der Waals surface area contributed by atoms with Crippen LogP contribution < -0.4 is 5.32 Å². The van der Waals surface area contributed by atoms with Gasteiger partial charge in [-0.15, -0.1) is 0 Å². The molecule has 0 saturated heterocycles. The molecule has 0 bridgehead atoms. The second-order valence-electron chi connectivity index (χ2n) is 5.92. The molecule has 1 N–H and O–H groups in total. The van der Waals surface area contributed by atoms with Crippen LogP contribution in [0.25, 0.3) is 11.3 Å². The third kappa shape index (κ3) is 4.37. The van der Waals surface area contributed by atoms with E-state index in [0.717, 1.165) is 23.6 Å². The van der Waals surface area contributed by atoms with E-state index in [2.05, 4.69) is 36.5 Å². The maximum atomic E-state index is 11.5. The first-order chi connectivity index (χ1) is 12.2. The fourth-order valence-corrected chi connectivity index (χ4v) is 2.55. The van der Waals surface area contributed by atoms with Crippen LogP contribution in [0.5, 0.6) is 0 Å². The quantitative estimate of drug-likeness (QED) is 0.681. The van der Waals surface area contributed by atoms with E-state index in [1.807, 2.05) is 24.3 Å². The average Bonchev–Trinajstić information content (AvgIpc) is 3.12. The number of hydrogen-bond donors (Lipinski definition) is 1. The molecule has 2 aromatic carbocycles. The summed E-state index contributed by atoms with van der Waals surface area (Å²) in [6.07, 6.45) is 0. The van der Waals surface area contributed by atoms with Crippen molar-refractivity contribution in [2.24, 2.45) is 0 Å². The van der Waals surface area contributed by atoms with Gasteiger partial charge in [-0.3, -0.25) is 0 Å². The Morgan fingerprint density at radius 3 is 2.36 bits per heavy atom. The Hall–Kier alpha value is -2.85. The minimum absolute atomic E-state index is 0.341. The van der Waals surface area contributed by atoms with Crippen molar-refractivity contribution in [2.75, 3.05) is 7.11 Å². The normalized spacial score (nSPS) is 10.6. The maximum Gasteiger partial charge on any atom is 0.337 e. The molecule has 1 aromatic heterocycles. The Bertz CT molecular complexity index is 832. The molecule has 3 rings (SSSR count). The molecule has 128 valence electrons. The highest BCUT2D eigenvalue weighted by Crippen LogP contribution is 2.23. The summed E-state index contributed by atoms with van der Waals surface area (Å²) in [6.45, 7) is 3.54. The van der Waals surface area contributed by atoms with Gasteiger partial charge in [0, 0.05) is 12.1 Å². The lowest BCUT2D eigenvalue weighted by molar-refractivity contribution is 0.0600. The highest BCUT2D eigenvalue weighted by molar-refractivity contribution is 5.89. The van der Waals surface area contributed by atoms with Gasteiger partial charge in [0.15, 0.2) is 0 Å². The van der Waals surface area contributed by atoms with Crippen LogP contribution in [0.3, 0.4) is 0 Å². The van der Waals surface area contributed by atoms with Crippen LogP contribution in [0.15, 0.2) is 65.1 Å². The van der Waals surface area contributed by atoms with Gasteiger partial charge in [-0.05, 0) is 36.8 Å². The summed E-state index contributed by atoms with van der Waals surface area (Å²) in [6, 6.07) is 19.6. The number of rotatable bonds is 6. The average molecular weight is 335 g/mol. The molecule has 0 aliphatic heterocycles. The molecule has 4 heteroatoms. The minimum atomic E-state index is -0.341. The first-order valence-corrected chi connectivity index (χ1v) is 8.19. The van der Waals surface area contributed by atoms with Gasteiger partial charge < -0.3 is 14.5 Å². The number of ether oxygens (including phenoxy) is 1. The predicted molar refractivity (Wildman–Crippen MR) is 97.2 cm³/mol. The summed E-state index contributed by atoms with van der Waals surface area (Å²) < 4.78 is 10.6. The van der Waals surface area contributed by atoms with Crippen molar-refractivity contribution in [3.05, 3.63) is 83.1 Å². The van der Waals surface area contributed by atoms with Gasteiger partial charge in [0.2, 0.25) is 0 Å². The number of esters is 1. The Morgan fingerprint density at radius 2 is 1.68 bits per heavy atom. The summed E-state index contributed by atoms with van der Waals surface area (Å²) in [7, 11) is 1.37. The molecule has 3 aromatic rings. The number of aryl methyl sites for hydroxylation is 1. The largest absolute Gasteiger partial charge is 0.465 e. The molecular formula is C21H21NO3. The topological polar surface area (TPSA) is 51.5 Å². The lowest BCUT2D eigenvalue weighted by Gasteiger charge is -2.04. The number of hydrogen-bond acceptors (Lipinski definition) is 4. The summed E-state index contributed by atoms with van der Waals surface area (Å²) in [4.78, 5) is 11.5. The van der Waals surface area contributed by atoms with Crippen LogP contribution in [0.2, 0.25) is 0 Å². The molecule has 0 radical (unpaired) electrons. The Kier molecular flexibility index (Phi) is 5.31. The zero-order valence-corrected chi connectivity index (χ0v) is 14.4. The predicted octanol–water partition coefficient (Wildman–Crippen LogP) is 4.33. The molecule has 0 unspecified atom stereocenters. The van der Waals surface area contributed by atoms with E-state index >= 15 is 0 Å². The first-order valence-electron chi connectivity index (χ1n) is 8.19. The minimum Gasteiger partial charge on any atom is -0.465 e. The van der Waals surface area contributed by atoms with Crippen molar-refractivity contribution in [1.29, 1.82) is 0 Å². The lowest BCUT2D eigenvalue weighted by Crippen LogP contribution is -2.11. The van der Waals surface area contributed by atoms with E-state index in [-0.39, 0.29) is 5.97 Å². The van der Waals surface area contributed by atoms with Crippen LogP contribution >= 0.6 is 0 Å². The highest BCUT2D eigenvalue weighted by Gasteiger charge is 2.08. The van der Waals surface area contributed by atoms with Gasteiger partial charge in [-0.25, -0.2) is 4.79 Å². The number of nitrogens with one attached hydrogen (secondary N) is 1. The number of benzene rings is 2. The standard InChI is InChI=1S/C21H21NO3/c1-15-3-5-16(6-4-15)13-22-14-19-11-12-20(25-19)17-7-9-18(10-8-17)21(23)24-2/h3-12,22H,13-14H2,1-2H3. The van der Waals surface area contributed by atoms with E-state index < -0.39 is 0 Å². The second kappa shape index (κ2) is 7.81. The summed E-state index contributed by atoms with van der Waals surface area (Å²) in [5, 5.41) is 3.38. The Labute approximate surface area is 147 Å². The zero-order valence-electron chi connectivity index (χ0n) is 14.4. The second-order valence-corrected chi connectivity index (χ2v) is 5.92. The van der Waals surface area contributed by atoms with Gasteiger partial charge >= 0.3 is 5.97 Å². The molecule has 1 heterocycles. The van der Waals surface area contributed by atoms with Gasteiger partial charge in [0.1, 0.15) is 11.5 Å². The molecule has 0 amide bonds. The van der Waals surface area contributed by atoms with Crippen molar-refractivity contribution in [2.45, 2.75) is 20.0 Å². The Morgan fingerprint density at radius 1 is 0.960 bits per heavy atom. The highest BCUT2D eigenvalue weighted by atomic mass is 16.5. The van der Waals surface area contributed by atoms with Crippen LogP contribution in [-0.4, -0.2) is 13.1 Å². The molecular weight excluding hydrogens is 314 g/mol. The van der Waals surface area contributed by atoms with Gasteiger partial charge in [0.05, 0.1) is 19.2 Å². The smallest absolute Gasteiger partial charge is 0.337 e. The summed E-state index contributed by atoms with van der Waals surface area (Å²) in [5.74, 6) is 1.31. The third-order valence-electron chi connectivity index (χ3n) is 4.00. The monoisotopic (exact) mass is 335 g/mol. The Balaban J connectivity index is 1.58. The van der Waals surface area contributed by atoms with Crippen LogP contribution in [0.1, 0.15) is 27.2 Å². The summed E-state index contributed by atoms with van der Waals surface area (Å²) >= 11 is 0. The van der Waals surface area contributed by atoms with Crippen molar-refractivity contribution in [3.63, 3.8) is 0 Å².